The molecule has 0 atom stereocenters. The zero-order valence-electron chi connectivity index (χ0n) is 9.17. The summed E-state index contributed by atoms with van der Waals surface area (Å²) in [5.74, 6) is 0. The zero-order valence-corrected chi connectivity index (χ0v) is 10.7. The minimum Gasteiger partial charge on any atom is -0.381 e. The third-order valence-electron chi connectivity index (χ3n) is 2.95. The highest BCUT2D eigenvalue weighted by atomic mass is 35.5. The summed E-state index contributed by atoms with van der Waals surface area (Å²) in [6.07, 6.45) is 2.61. The minimum atomic E-state index is 0.431. The van der Waals surface area contributed by atoms with Crippen molar-refractivity contribution in [2.24, 2.45) is 0 Å². The summed E-state index contributed by atoms with van der Waals surface area (Å²) in [5, 5.41) is 4.83. The van der Waals surface area contributed by atoms with Crippen LogP contribution in [0.4, 0.5) is 0 Å². The molecule has 1 fully saturated rings. The fraction of sp³-hybridized carbons (Fsp3) is 0.500. The Bertz CT molecular complexity index is 344. The molecule has 16 heavy (non-hydrogen) atoms. The van der Waals surface area contributed by atoms with Crippen molar-refractivity contribution in [3.05, 3.63) is 33.8 Å². The van der Waals surface area contributed by atoms with Gasteiger partial charge in [0.05, 0.1) is 6.10 Å². The van der Waals surface area contributed by atoms with Gasteiger partial charge in [0.25, 0.3) is 0 Å². The molecule has 0 aliphatic heterocycles. The molecule has 1 saturated carbocycles. The van der Waals surface area contributed by atoms with Gasteiger partial charge < -0.3 is 10.1 Å². The Morgan fingerprint density at radius 2 is 1.88 bits per heavy atom. The van der Waals surface area contributed by atoms with Crippen LogP contribution in [0.5, 0.6) is 0 Å². The van der Waals surface area contributed by atoms with Crippen molar-refractivity contribution in [2.75, 3.05) is 7.11 Å². The molecule has 2 rings (SSSR count). The number of ether oxygens (including phenoxy) is 1. The Morgan fingerprint density at radius 3 is 2.44 bits per heavy atom. The van der Waals surface area contributed by atoms with Gasteiger partial charge in [0, 0.05) is 29.7 Å². The van der Waals surface area contributed by atoms with Gasteiger partial charge in [-0.2, -0.15) is 0 Å². The van der Waals surface area contributed by atoms with Crippen molar-refractivity contribution in [3.8, 4) is 0 Å². The standard InChI is InChI=1S/C12H15Cl2NO/c1-16-12-5-11(6-12)15-7-8-2-9(13)4-10(14)3-8/h2-4,11-12,15H,5-7H2,1H3. The summed E-state index contributed by atoms with van der Waals surface area (Å²) in [6, 6.07) is 6.18. The van der Waals surface area contributed by atoms with Crippen LogP contribution in [0.2, 0.25) is 10.0 Å². The molecule has 0 radical (unpaired) electrons. The van der Waals surface area contributed by atoms with Crippen molar-refractivity contribution >= 4 is 23.2 Å². The third-order valence-corrected chi connectivity index (χ3v) is 3.38. The van der Waals surface area contributed by atoms with Crippen LogP contribution >= 0.6 is 23.2 Å². The highest BCUT2D eigenvalue weighted by Crippen LogP contribution is 2.24. The van der Waals surface area contributed by atoms with Crippen LogP contribution in [0, 0.1) is 0 Å². The number of nitrogens with one attached hydrogen (secondary N) is 1. The monoisotopic (exact) mass is 259 g/mol. The molecule has 0 heterocycles. The topological polar surface area (TPSA) is 21.3 Å². The van der Waals surface area contributed by atoms with Crippen LogP contribution in [0.3, 0.4) is 0 Å². The lowest BCUT2D eigenvalue weighted by atomic mass is 9.89. The molecule has 4 heteroatoms. The van der Waals surface area contributed by atoms with E-state index in [4.69, 9.17) is 27.9 Å². The van der Waals surface area contributed by atoms with Crippen LogP contribution in [0.15, 0.2) is 18.2 Å². The molecule has 0 amide bonds. The van der Waals surface area contributed by atoms with E-state index in [1.165, 1.54) is 0 Å². The second-order valence-corrected chi connectivity index (χ2v) is 5.06. The maximum Gasteiger partial charge on any atom is 0.0601 e. The summed E-state index contributed by atoms with van der Waals surface area (Å²) in [6.45, 7) is 0.807. The Labute approximate surface area is 106 Å². The molecule has 88 valence electrons. The quantitative estimate of drug-likeness (QED) is 0.897. The van der Waals surface area contributed by atoms with Gasteiger partial charge in [-0.25, -0.2) is 0 Å². The molecule has 0 saturated heterocycles. The summed E-state index contributed by atoms with van der Waals surface area (Å²) in [5.41, 5.74) is 1.12. The van der Waals surface area contributed by atoms with Crippen LogP contribution in [0.1, 0.15) is 18.4 Å². The Morgan fingerprint density at radius 1 is 1.25 bits per heavy atom. The molecule has 1 aliphatic rings. The van der Waals surface area contributed by atoms with E-state index in [1.54, 1.807) is 13.2 Å². The molecule has 1 aliphatic carbocycles. The maximum absolute atomic E-state index is 5.93. The highest BCUT2D eigenvalue weighted by Gasteiger charge is 2.28. The van der Waals surface area contributed by atoms with Gasteiger partial charge in [0.1, 0.15) is 0 Å². The summed E-state index contributed by atoms with van der Waals surface area (Å²) >= 11 is 11.9. The first-order chi connectivity index (χ1) is 7.67. The average molecular weight is 260 g/mol. The summed E-state index contributed by atoms with van der Waals surface area (Å²) in [4.78, 5) is 0. The number of rotatable bonds is 4. The van der Waals surface area contributed by atoms with E-state index in [2.05, 4.69) is 5.32 Å². The summed E-state index contributed by atoms with van der Waals surface area (Å²) < 4.78 is 5.22. The van der Waals surface area contributed by atoms with Gasteiger partial charge in [-0.15, -0.1) is 0 Å². The number of methoxy groups -OCH3 is 1. The number of benzene rings is 1. The zero-order chi connectivity index (χ0) is 11.5. The van der Waals surface area contributed by atoms with Crippen LogP contribution < -0.4 is 5.32 Å². The maximum atomic E-state index is 5.93. The van der Waals surface area contributed by atoms with Crippen LogP contribution in [-0.4, -0.2) is 19.3 Å². The van der Waals surface area contributed by atoms with Crippen molar-refractivity contribution in [1.29, 1.82) is 0 Å². The smallest absolute Gasteiger partial charge is 0.0601 e. The minimum absolute atomic E-state index is 0.431. The first-order valence-electron chi connectivity index (χ1n) is 5.38. The molecular formula is C12H15Cl2NO. The highest BCUT2D eigenvalue weighted by molar-refractivity contribution is 6.34. The number of hydrogen-bond donors (Lipinski definition) is 1. The first kappa shape index (κ1) is 12.2. The van der Waals surface area contributed by atoms with Gasteiger partial charge in [0.2, 0.25) is 0 Å². The Balaban J connectivity index is 1.81. The van der Waals surface area contributed by atoms with Gasteiger partial charge in [-0.1, -0.05) is 23.2 Å². The predicted molar refractivity (Wildman–Crippen MR) is 67.1 cm³/mol. The lowest BCUT2D eigenvalue weighted by Crippen LogP contribution is -2.44. The number of halogens is 2. The molecule has 0 spiro atoms. The number of hydrogen-bond acceptors (Lipinski definition) is 2. The molecule has 0 aromatic heterocycles. The van der Waals surface area contributed by atoms with Crippen LogP contribution in [0.25, 0.3) is 0 Å². The molecule has 1 aromatic carbocycles. The van der Waals surface area contributed by atoms with Crippen molar-refractivity contribution in [1.82, 2.24) is 5.32 Å². The molecule has 2 nitrogen and oxygen atoms in total. The van der Waals surface area contributed by atoms with E-state index in [-0.39, 0.29) is 0 Å². The molecule has 1 N–H and O–H groups in total. The van der Waals surface area contributed by atoms with E-state index in [1.807, 2.05) is 12.1 Å². The Hall–Kier alpha value is -0.280. The summed E-state index contributed by atoms with van der Waals surface area (Å²) in [7, 11) is 1.76. The van der Waals surface area contributed by atoms with Crippen LogP contribution in [-0.2, 0) is 11.3 Å². The SMILES string of the molecule is COC1CC(NCc2cc(Cl)cc(Cl)c2)C1. The first-order valence-corrected chi connectivity index (χ1v) is 6.14. The van der Waals surface area contributed by atoms with E-state index in [0.717, 1.165) is 24.9 Å². The van der Waals surface area contributed by atoms with Crippen molar-refractivity contribution in [2.45, 2.75) is 31.5 Å². The second kappa shape index (κ2) is 5.37. The molecule has 1 aromatic rings. The van der Waals surface area contributed by atoms with E-state index < -0.39 is 0 Å². The fourth-order valence-electron chi connectivity index (χ4n) is 1.90. The van der Waals surface area contributed by atoms with Crippen molar-refractivity contribution < 1.29 is 4.74 Å². The molecule has 0 bridgehead atoms. The van der Waals surface area contributed by atoms with Gasteiger partial charge in [-0.05, 0) is 36.6 Å². The van der Waals surface area contributed by atoms with Gasteiger partial charge in [0.15, 0.2) is 0 Å². The lowest BCUT2D eigenvalue weighted by Gasteiger charge is -2.34. The van der Waals surface area contributed by atoms with Gasteiger partial charge >= 0.3 is 0 Å². The van der Waals surface area contributed by atoms with E-state index in [0.29, 0.717) is 22.2 Å². The third kappa shape index (κ3) is 3.11. The normalized spacial score (nSPS) is 24.2. The second-order valence-electron chi connectivity index (χ2n) is 4.18. The molecular weight excluding hydrogens is 245 g/mol. The Kier molecular flexibility index (Phi) is 4.09. The average Bonchev–Trinajstić information content (AvgIpc) is 2.14. The largest absolute Gasteiger partial charge is 0.381 e. The van der Waals surface area contributed by atoms with Gasteiger partial charge in [-0.3, -0.25) is 0 Å². The van der Waals surface area contributed by atoms with E-state index in [9.17, 15) is 0 Å². The molecule has 0 unspecified atom stereocenters. The lowest BCUT2D eigenvalue weighted by molar-refractivity contribution is 0.0170. The van der Waals surface area contributed by atoms with E-state index >= 15 is 0 Å². The fourth-order valence-corrected chi connectivity index (χ4v) is 2.47. The van der Waals surface area contributed by atoms with Crippen molar-refractivity contribution in [3.63, 3.8) is 0 Å². The predicted octanol–water partition coefficient (Wildman–Crippen LogP) is 3.26.